The van der Waals surface area contributed by atoms with Gasteiger partial charge in [0.05, 0.1) is 9.75 Å². The highest BCUT2D eigenvalue weighted by Crippen LogP contribution is 2.20. The second-order valence-electron chi connectivity index (χ2n) is 4.18. The van der Waals surface area contributed by atoms with Gasteiger partial charge in [-0.1, -0.05) is 25.1 Å². The third kappa shape index (κ3) is 3.09. The molecule has 3 nitrogen and oxygen atoms in total. The lowest BCUT2D eigenvalue weighted by Gasteiger charge is -2.08. The molecule has 1 N–H and O–H groups in total. The van der Waals surface area contributed by atoms with Crippen LogP contribution in [0.3, 0.4) is 0 Å². The van der Waals surface area contributed by atoms with Gasteiger partial charge in [-0.25, -0.2) is 0 Å². The van der Waals surface area contributed by atoms with E-state index < -0.39 is 0 Å². The highest BCUT2D eigenvalue weighted by Gasteiger charge is 2.12. The van der Waals surface area contributed by atoms with E-state index in [4.69, 9.17) is 0 Å². The molecule has 0 aliphatic rings. The molecule has 4 heteroatoms. The number of anilines is 1. The summed E-state index contributed by atoms with van der Waals surface area (Å²) in [6.07, 6.45) is 0.861. The van der Waals surface area contributed by atoms with Crippen LogP contribution in [0.2, 0.25) is 0 Å². The van der Waals surface area contributed by atoms with E-state index in [9.17, 15) is 9.59 Å². The molecule has 0 bridgehead atoms. The number of carbonyl (C=O) groups is 2. The number of Topliss-reactive ketones (excluding diaryl/α,β-unsaturated/α-hetero) is 1. The van der Waals surface area contributed by atoms with E-state index in [-0.39, 0.29) is 11.7 Å². The number of rotatable bonds is 4. The van der Waals surface area contributed by atoms with Gasteiger partial charge in [0.2, 0.25) is 0 Å². The Bertz CT molecular complexity index is 616. The minimum absolute atomic E-state index is 0.0157. The van der Waals surface area contributed by atoms with Crippen molar-refractivity contribution in [2.24, 2.45) is 0 Å². The van der Waals surface area contributed by atoms with Crippen LogP contribution in [0.1, 0.15) is 38.8 Å². The van der Waals surface area contributed by atoms with Crippen molar-refractivity contribution in [3.05, 3.63) is 51.7 Å². The van der Waals surface area contributed by atoms with Crippen molar-refractivity contribution in [2.45, 2.75) is 20.3 Å². The summed E-state index contributed by atoms with van der Waals surface area (Å²) in [6, 6.07) is 11.1. The van der Waals surface area contributed by atoms with Crippen LogP contribution in [0.25, 0.3) is 0 Å². The molecule has 98 valence electrons. The number of hydrogen-bond donors (Lipinski definition) is 1. The van der Waals surface area contributed by atoms with Gasteiger partial charge in [0.1, 0.15) is 0 Å². The molecule has 2 aromatic rings. The molecule has 1 heterocycles. The predicted molar refractivity (Wildman–Crippen MR) is 78.1 cm³/mol. The highest BCUT2D eigenvalue weighted by molar-refractivity contribution is 7.16. The maximum Gasteiger partial charge on any atom is 0.265 e. The van der Waals surface area contributed by atoms with E-state index in [2.05, 4.69) is 5.32 Å². The average molecular weight is 273 g/mol. The fourth-order valence-electron chi connectivity index (χ4n) is 1.78. The fraction of sp³-hybridized carbons (Fsp3) is 0.200. The van der Waals surface area contributed by atoms with Crippen molar-refractivity contribution in [1.82, 2.24) is 0 Å². The summed E-state index contributed by atoms with van der Waals surface area (Å²) < 4.78 is 0. The quantitative estimate of drug-likeness (QED) is 0.862. The lowest BCUT2D eigenvalue weighted by atomic mass is 10.1. The standard InChI is InChI=1S/C15H15NO2S/c1-3-11-6-4-5-7-12(11)16-15(18)14-9-8-13(19-14)10(2)17/h4-9H,3H2,1-2H3,(H,16,18). The molecule has 1 amide bonds. The molecule has 1 aromatic heterocycles. The summed E-state index contributed by atoms with van der Waals surface area (Å²) in [5.41, 5.74) is 1.92. The Labute approximate surface area is 116 Å². The minimum atomic E-state index is -0.168. The summed E-state index contributed by atoms with van der Waals surface area (Å²) in [6.45, 7) is 3.55. The molecule has 0 radical (unpaired) electrons. The molecular formula is C15H15NO2S. The first kappa shape index (κ1) is 13.5. The third-order valence-corrected chi connectivity index (χ3v) is 4.01. The summed E-state index contributed by atoms with van der Waals surface area (Å²) >= 11 is 1.22. The van der Waals surface area contributed by atoms with Gasteiger partial charge in [0, 0.05) is 5.69 Å². The van der Waals surface area contributed by atoms with Crippen LogP contribution in [0.5, 0.6) is 0 Å². The van der Waals surface area contributed by atoms with Crippen molar-refractivity contribution in [2.75, 3.05) is 5.32 Å². The zero-order valence-corrected chi connectivity index (χ0v) is 11.7. The molecule has 0 aliphatic heterocycles. The average Bonchev–Trinajstić information content (AvgIpc) is 2.89. The second-order valence-corrected chi connectivity index (χ2v) is 5.27. The Hall–Kier alpha value is -1.94. The summed E-state index contributed by atoms with van der Waals surface area (Å²) in [7, 11) is 0. The number of benzene rings is 1. The van der Waals surface area contributed by atoms with Crippen molar-refractivity contribution in [3.63, 3.8) is 0 Å². The normalized spacial score (nSPS) is 10.2. The number of para-hydroxylation sites is 1. The topological polar surface area (TPSA) is 46.2 Å². The fourth-order valence-corrected chi connectivity index (χ4v) is 2.58. The maximum atomic E-state index is 12.1. The maximum absolute atomic E-state index is 12.1. The monoisotopic (exact) mass is 273 g/mol. The third-order valence-electron chi connectivity index (χ3n) is 2.82. The van der Waals surface area contributed by atoms with Gasteiger partial charge in [-0.15, -0.1) is 11.3 Å². The number of amides is 1. The largest absolute Gasteiger partial charge is 0.321 e. The zero-order valence-electron chi connectivity index (χ0n) is 10.9. The van der Waals surface area contributed by atoms with Gasteiger partial charge in [0.15, 0.2) is 5.78 Å². The molecule has 2 rings (SSSR count). The Morgan fingerprint density at radius 2 is 1.79 bits per heavy atom. The van der Waals surface area contributed by atoms with Crippen LogP contribution in [0, 0.1) is 0 Å². The van der Waals surface area contributed by atoms with Gasteiger partial charge < -0.3 is 5.32 Å². The molecule has 0 saturated carbocycles. The van der Waals surface area contributed by atoms with E-state index in [1.165, 1.54) is 18.3 Å². The molecule has 0 saturated heterocycles. The first-order valence-electron chi connectivity index (χ1n) is 6.12. The van der Waals surface area contributed by atoms with E-state index in [1.54, 1.807) is 12.1 Å². The Kier molecular flexibility index (Phi) is 4.12. The van der Waals surface area contributed by atoms with Crippen molar-refractivity contribution >= 4 is 28.7 Å². The minimum Gasteiger partial charge on any atom is -0.321 e. The predicted octanol–water partition coefficient (Wildman–Crippen LogP) is 3.77. The number of carbonyl (C=O) groups excluding carboxylic acids is 2. The molecule has 0 unspecified atom stereocenters. The molecule has 1 aromatic carbocycles. The molecular weight excluding hydrogens is 258 g/mol. The number of aryl methyl sites for hydroxylation is 1. The first-order valence-corrected chi connectivity index (χ1v) is 6.93. The van der Waals surface area contributed by atoms with Crippen LogP contribution in [0.4, 0.5) is 5.69 Å². The molecule has 0 aliphatic carbocycles. The summed E-state index contributed by atoms with van der Waals surface area (Å²) in [5, 5.41) is 2.89. The van der Waals surface area contributed by atoms with Crippen LogP contribution in [-0.2, 0) is 6.42 Å². The van der Waals surface area contributed by atoms with Crippen molar-refractivity contribution < 1.29 is 9.59 Å². The Balaban J connectivity index is 2.18. The second kappa shape index (κ2) is 5.80. The van der Waals surface area contributed by atoms with Gasteiger partial charge in [0.25, 0.3) is 5.91 Å². The van der Waals surface area contributed by atoms with Crippen LogP contribution in [0.15, 0.2) is 36.4 Å². The lowest BCUT2D eigenvalue weighted by Crippen LogP contribution is -2.11. The first-order chi connectivity index (χ1) is 9.11. The highest BCUT2D eigenvalue weighted by atomic mass is 32.1. The van der Waals surface area contributed by atoms with E-state index in [0.717, 1.165) is 17.7 Å². The van der Waals surface area contributed by atoms with E-state index >= 15 is 0 Å². The number of hydrogen-bond acceptors (Lipinski definition) is 3. The zero-order chi connectivity index (χ0) is 13.8. The van der Waals surface area contributed by atoms with Crippen LogP contribution < -0.4 is 5.32 Å². The van der Waals surface area contributed by atoms with Crippen molar-refractivity contribution in [1.29, 1.82) is 0 Å². The Morgan fingerprint density at radius 1 is 1.11 bits per heavy atom. The van der Waals surface area contributed by atoms with Gasteiger partial charge >= 0.3 is 0 Å². The number of thiophene rings is 1. The van der Waals surface area contributed by atoms with E-state index in [0.29, 0.717) is 9.75 Å². The lowest BCUT2D eigenvalue weighted by molar-refractivity contribution is 0.101. The molecule has 0 spiro atoms. The van der Waals surface area contributed by atoms with Gasteiger partial charge in [-0.2, -0.15) is 0 Å². The Morgan fingerprint density at radius 3 is 2.42 bits per heavy atom. The smallest absolute Gasteiger partial charge is 0.265 e. The van der Waals surface area contributed by atoms with Crippen LogP contribution >= 0.6 is 11.3 Å². The van der Waals surface area contributed by atoms with Crippen molar-refractivity contribution in [3.8, 4) is 0 Å². The summed E-state index contributed by atoms with van der Waals surface area (Å²) in [5.74, 6) is -0.184. The van der Waals surface area contributed by atoms with Gasteiger partial charge in [-0.3, -0.25) is 9.59 Å². The molecule has 19 heavy (non-hydrogen) atoms. The van der Waals surface area contributed by atoms with Crippen LogP contribution in [-0.4, -0.2) is 11.7 Å². The molecule has 0 fully saturated rings. The SMILES string of the molecule is CCc1ccccc1NC(=O)c1ccc(C(C)=O)s1. The molecule has 0 atom stereocenters. The summed E-state index contributed by atoms with van der Waals surface area (Å²) in [4.78, 5) is 24.5. The van der Waals surface area contributed by atoms with E-state index in [1.807, 2.05) is 31.2 Å². The number of nitrogens with one attached hydrogen (secondary N) is 1. The number of ketones is 1. The van der Waals surface area contributed by atoms with Gasteiger partial charge in [-0.05, 0) is 37.1 Å².